The number of nitrogens with two attached hydrogens (primary N) is 1. The molecule has 1 saturated heterocycles. The van der Waals surface area contributed by atoms with Crippen LogP contribution in [0.4, 0.5) is 0 Å². The third-order valence-electron chi connectivity index (χ3n) is 3.91. The quantitative estimate of drug-likeness (QED) is 0.724. The van der Waals surface area contributed by atoms with Crippen LogP contribution in [-0.4, -0.2) is 42.5 Å². The number of nitrogens with zero attached hydrogens (tertiary/aromatic N) is 1. The largest absolute Gasteiger partial charge is 0.368 e. The monoisotopic (exact) mass is 241 g/mol. The molecule has 0 aromatic rings. The maximum Gasteiger partial charge on any atom is 0.238 e. The number of rotatable bonds is 6. The average Bonchev–Trinajstić information content (AvgIpc) is 2.54. The van der Waals surface area contributed by atoms with E-state index in [9.17, 15) is 4.79 Å². The lowest BCUT2D eigenvalue weighted by Crippen LogP contribution is -2.59. The van der Waals surface area contributed by atoms with Gasteiger partial charge in [-0.1, -0.05) is 20.8 Å². The highest BCUT2D eigenvalue weighted by Gasteiger charge is 2.36. The Morgan fingerprint density at radius 3 is 2.35 bits per heavy atom. The minimum absolute atomic E-state index is 0.252. The van der Waals surface area contributed by atoms with Crippen LogP contribution in [0.5, 0.6) is 0 Å². The number of carbonyl (C=O) groups excluding carboxylic acids is 1. The van der Waals surface area contributed by atoms with E-state index in [-0.39, 0.29) is 5.91 Å². The van der Waals surface area contributed by atoms with E-state index in [0.29, 0.717) is 11.8 Å². The van der Waals surface area contributed by atoms with Crippen molar-refractivity contribution >= 4 is 5.91 Å². The molecular formula is C13H27N3O. The highest BCUT2D eigenvalue weighted by atomic mass is 16.1. The predicted octanol–water partition coefficient (Wildman–Crippen LogP) is 0.818. The number of primary amides is 1. The fourth-order valence-corrected chi connectivity index (χ4v) is 2.45. The summed E-state index contributed by atoms with van der Waals surface area (Å²) < 4.78 is 0. The molecule has 0 spiro atoms. The lowest BCUT2D eigenvalue weighted by atomic mass is 10.0. The van der Waals surface area contributed by atoms with Gasteiger partial charge in [0.25, 0.3) is 0 Å². The molecule has 1 amide bonds. The zero-order chi connectivity index (χ0) is 13.1. The van der Waals surface area contributed by atoms with Crippen LogP contribution in [0.1, 0.15) is 34.1 Å². The van der Waals surface area contributed by atoms with Gasteiger partial charge in [-0.25, -0.2) is 0 Å². The summed E-state index contributed by atoms with van der Waals surface area (Å²) in [5, 5.41) is 3.29. The molecule has 0 saturated carbocycles. The molecule has 0 aliphatic carbocycles. The molecule has 0 radical (unpaired) electrons. The standard InChI is InChI=1S/C13H27N3O/c1-5-6-15-13(4,12(14)17)9-16-7-10(2)11(3)8-16/h10-11,15H,5-9H2,1-4H3,(H2,14,17). The van der Waals surface area contributed by atoms with E-state index in [1.54, 1.807) is 0 Å². The summed E-state index contributed by atoms with van der Waals surface area (Å²) in [4.78, 5) is 14.0. The van der Waals surface area contributed by atoms with Crippen molar-refractivity contribution in [1.29, 1.82) is 0 Å². The van der Waals surface area contributed by atoms with E-state index >= 15 is 0 Å². The van der Waals surface area contributed by atoms with Crippen molar-refractivity contribution < 1.29 is 4.79 Å². The number of hydrogen-bond donors (Lipinski definition) is 2. The molecule has 0 aromatic carbocycles. The molecular weight excluding hydrogens is 214 g/mol. The molecule has 17 heavy (non-hydrogen) atoms. The van der Waals surface area contributed by atoms with Crippen LogP contribution < -0.4 is 11.1 Å². The van der Waals surface area contributed by atoms with Gasteiger partial charge in [0, 0.05) is 19.6 Å². The van der Waals surface area contributed by atoms with Crippen molar-refractivity contribution in [3.63, 3.8) is 0 Å². The van der Waals surface area contributed by atoms with Gasteiger partial charge in [-0.05, 0) is 31.7 Å². The maximum atomic E-state index is 11.6. The molecule has 1 aliphatic heterocycles. The average molecular weight is 241 g/mol. The van der Waals surface area contributed by atoms with Crippen LogP contribution >= 0.6 is 0 Å². The molecule has 1 heterocycles. The van der Waals surface area contributed by atoms with Gasteiger partial charge in [-0.15, -0.1) is 0 Å². The first-order valence-electron chi connectivity index (χ1n) is 6.66. The fraction of sp³-hybridized carbons (Fsp3) is 0.923. The normalized spacial score (nSPS) is 29.2. The van der Waals surface area contributed by atoms with Crippen LogP contribution in [0.25, 0.3) is 0 Å². The van der Waals surface area contributed by atoms with Crippen molar-refractivity contribution in [2.75, 3.05) is 26.2 Å². The van der Waals surface area contributed by atoms with E-state index in [1.807, 2.05) is 6.92 Å². The molecule has 0 bridgehead atoms. The summed E-state index contributed by atoms with van der Waals surface area (Å²) in [6.07, 6.45) is 1.01. The molecule has 1 aliphatic rings. The third-order valence-corrected chi connectivity index (χ3v) is 3.91. The molecule has 100 valence electrons. The summed E-state index contributed by atoms with van der Waals surface area (Å²) in [6, 6.07) is 0. The van der Waals surface area contributed by atoms with E-state index in [0.717, 1.165) is 32.6 Å². The van der Waals surface area contributed by atoms with Crippen molar-refractivity contribution in [2.24, 2.45) is 17.6 Å². The summed E-state index contributed by atoms with van der Waals surface area (Å²) in [7, 11) is 0. The Morgan fingerprint density at radius 1 is 1.41 bits per heavy atom. The van der Waals surface area contributed by atoms with Crippen molar-refractivity contribution in [3.05, 3.63) is 0 Å². The molecule has 1 fully saturated rings. The van der Waals surface area contributed by atoms with E-state index in [2.05, 4.69) is 31.0 Å². The highest BCUT2D eigenvalue weighted by molar-refractivity contribution is 5.84. The van der Waals surface area contributed by atoms with Gasteiger partial charge in [0.05, 0.1) is 0 Å². The van der Waals surface area contributed by atoms with Gasteiger partial charge in [-0.3, -0.25) is 4.79 Å². The minimum atomic E-state index is -0.597. The van der Waals surface area contributed by atoms with E-state index < -0.39 is 5.54 Å². The molecule has 0 aromatic heterocycles. The Labute approximate surface area is 105 Å². The Balaban J connectivity index is 2.58. The molecule has 3 unspecified atom stereocenters. The Bertz CT molecular complexity index is 259. The third kappa shape index (κ3) is 3.68. The van der Waals surface area contributed by atoms with Crippen molar-refractivity contribution in [2.45, 2.75) is 39.7 Å². The summed E-state index contributed by atoms with van der Waals surface area (Å²) in [5.41, 5.74) is 4.93. The topological polar surface area (TPSA) is 58.4 Å². The Morgan fingerprint density at radius 2 is 1.94 bits per heavy atom. The predicted molar refractivity (Wildman–Crippen MR) is 70.7 cm³/mol. The lowest BCUT2D eigenvalue weighted by molar-refractivity contribution is -0.124. The van der Waals surface area contributed by atoms with Gasteiger partial charge < -0.3 is 16.0 Å². The first-order valence-corrected chi connectivity index (χ1v) is 6.66. The van der Waals surface area contributed by atoms with E-state index in [1.165, 1.54) is 0 Å². The van der Waals surface area contributed by atoms with Crippen molar-refractivity contribution in [1.82, 2.24) is 10.2 Å². The van der Waals surface area contributed by atoms with Crippen molar-refractivity contribution in [3.8, 4) is 0 Å². The summed E-state index contributed by atoms with van der Waals surface area (Å²) in [6.45, 7) is 12.2. The molecule has 4 nitrogen and oxygen atoms in total. The molecule has 1 rings (SSSR count). The van der Waals surface area contributed by atoms with Gasteiger partial charge in [-0.2, -0.15) is 0 Å². The number of nitrogens with one attached hydrogen (secondary N) is 1. The zero-order valence-corrected chi connectivity index (χ0v) is 11.6. The number of likely N-dealkylation sites (tertiary alicyclic amines) is 1. The fourth-order valence-electron chi connectivity index (χ4n) is 2.45. The molecule has 4 heteroatoms. The number of hydrogen-bond acceptors (Lipinski definition) is 3. The smallest absolute Gasteiger partial charge is 0.238 e. The Hall–Kier alpha value is -0.610. The lowest BCUT2D eigenvalue weighted by Gasteiger charge is -2.32. The maximum absolute atomic E-state index is 11.6. The second-order valence-electron chi connectivity index (χ2n) is 5.77. The minimum Gasteiger partial charge on any atom is -0.368 e. The zero-order valence-electron chi connectivity index (χ0n) is 11.6. The van der Waals surface area contributed by atoms with Gasteiger partial charge >= 0.3 is 0 Å². The number of amides is 1. The van der Waals surface area contributed by atoms with Gasteiger partial charge in [0.2, 0.25) is 5.91 Å². The highest BCUT2D eigenvalue weighted by Crippen LogP contribution is 2.23. The van der Waals surface area contributed by atoms with Crippen LogP contribution in [0, 0.1) is 11.8 Å². The van der Waals surface area contributed by atoms with Crippen LogP contribution in [-0.2, 0) is 4.79 Å². The second-order valence-corrected chi connectivity index (χ2v) is 5.77. The molecule has 3 N–H and O–H groups in total. The molecule has 3 atom stereocenters. The first kappa shape index (κ1) is 14.5. The first-order chi connectivity index (χ1) is 7.89. The number of carbonyl (C=O) groups is 1. The van der Waals surface area contributed by atoms with E-state index in [4.69, 9.17) is 5.73 Å². The van der Waals surface area contributed by atoms with Gasteiger partial charge in [0.15, 0.2) is 0 Å². The van der Waals surface area contributed by atoms with Crippen LogP contribution in [0.3, 0.4) is 0 Å². The van der Waals surface area contributed by atoms with Crippen LogP contribution in [0.15, 0.2) is 0 Å². The van der Waals surface area contributed by atoms with Gasteiger partial charge in [0.1, 0.15) is 5.54 Å². The second kappa shape index (κ2) is 5.83. The SMILES string of the molecule is CCCNC(C)(CN1CC(C)C(C)C1)C(N)=O. The van der Waals surface area contributed by atoms with Crippen LogP contribution in [0.2, 0.25) is 0 Å². The summed E-state index contributed by atoms with van der Waals surface area (Å²) >= 11 is 0. The Kier molecular flexibility index (Phi) is 4.95. The summed E-state index contributed by atoms with van der Waals surface area (Å²) in [5.74, 6) is 1.16.